The highest BCUT2D eigenvalue weighted by Crippen LogP contribution is 2.19. The van der Waals surface area contributed by atoms with Crippen molar-refractivity contribution in [1.29, 1.82) is 0 Å². The van der Waals surface area contributed by atoms with E-state index in [4.69, 9.17) is 0 Å². The van der Waals surface area contributed by atoms with Gasteiger partial charge in [0.2, 0.25) is 5.91 Å². The third-order valence-electron chi connectivity index (χ3n) is 4.24. The number of carbonyl (C=O) groups is 2. The van der Waals surface area contributed by atoms with Crippen LogP contribution in [0.3, 0.4) is 0 Å². The smallest absolute Gasteiger partial charge is 0.326 e. The monoisotopic (exact) mass is 330 g/mol. The van der Waals surface area contributed by atoms with Crippen LogP contribution in [0.25, 0.3) is 10.9 Å². The molecule has 1 atom stereocenters. The number of amides is 1. The molecule has 24 heavy (non-hydrogen) atoms. The highest BCUT2D eigenvalue weighted by atomic mass is 16.4. The van der Waals surface area contributed by atoms with Gasteiger partial charge in [-0.3, -0.25) is 4.79 Å². The molecule has 3 N–H and O–H groups in total. The lowest BCUT2D eigenvalue weighted by Crippen LogP contribution is -2.42. The van der Waals surface area contributed by atoms with Gasteiger partial charge in [0.15, 0.2) is 0 Å². The van der Waals surface area contributed by atoms with Crippen LogP contribution in [-0.4, -0.2) is 28.0 Å². The summed E-state index contributed by atoms with van der Waals surface area (Å²) in [4.78, 5) is 26.6. The molecule has 1 aromatic carbocycles. The summed E-state index contributed by atoms with van der Waals surface area (Å²) in [5.74, 6) is -1.18. The largest absolute Gasteiger partial charge is 0.480 e. The summed E-state index contributed by atoms with van der Waals surface area (Å²) >= 11 is 0. The molecule has 0 aliphatic heterocycles. The zero-order chi connectivity index (χ0) is 17.4. The van der Waals surface area contributed by atoms with Crippen molar-refractivity contribution in [2.75, 3.05) is 0 Å². The molecule has 2 rings (SSSR count). The second-order valence-corrected chi connectivity index (χ2v) is 6.19. The maximum atomic E-state index is 12.0. The third kappa shape index (κ3) is 5.11. The van der Waals surface area contributed by atoms with Gasteiger partial charge in [0.25, 0.3) is 0 Å². The topological polar surface area (TPSA) is 82.2 Å². The molecule has 5 heteroatoms. The number of para-hydroxylation sites is 1. The quantitative estimate of drug-likeness (QED) is 0.582. The minimum atomic E-state index is -1.00. The first-order valence-electron chi connectivity index (χ1n) is 8.69. The Morgan fingerprint density at radius 3 is 2.67 bits per heavy atom. The first-order chi connectivity index (χ1) is 11.6. The molecule has 1 aromatic heterocycles. The van der Waals surface area contributed by atoms with E-state index >= 15 is 0 Å². The molecule has 0 radical (unpaired) electrons. The van der Waals surface area contributed by atoms with E-state index in [0.717, 1.165) is 42.1 Å². The van der Waals surface area contributed by atoms with E-state index < -0.39 is 12.0 Å². The van der Waals surface area contributed by atoms with E-state index in [2.05, 4.69) is 17.2 Å². The minimum Gasteiger partial charge on any atom is -0.480 e. The number of nitrogens with one attached hydrogen (secondary N) is 2. The molecule has 5 nitrogen and oxygen atoms in total. The summed E-state index contributed by atoms with van der Waals surface area (Å²) in [7, 11) is 0. The van der Waals surface area contributed by atoms with Crippen LogP contribution in [0.1, 0.15) is 51.0 Å². The van der Waals surface area contributed by atoms with Gasteiger partial charge >= 0.3 is 5.97 Å². The van der Waals surface area contributed by atoms with E-state index in [-0.39, 0.29) is 12.3 Å². The first kappa shape index (κ1) is 18.0. The summed E-state index contributed by atoms with van der Waals surface area (Å²) in [5, 5.41) is 13.1. The molecule has 1 heterocycles. The molecule has 0 bridgehead atoms. The molecule has 0 aliphatic carbocycles. The van der Waals surface area contributed by atoms with Crippen LogP contribution in [0.4, 0.5) is 0 Å². The average molecular weight is 330 g/mol. The Labute approximate surface area is 142 Å². The number of aromatic amines is 1. The molecule has 0 aliphatic rings. The number of carboxylic acids is 1. The standard InChI is InChI=1S/C19H26N2O3/c1-2-3-4-5-6-11-18(22)21-17(19(23)24)12-14-13-20-16-10-8-7-9-15(14)16/h7-10,13,17,20H,2-6,11-12H2,1H3,(H,21,22)(H,23,24)/t17-/m0/s1. The second-order valence-electron chi connectivity index (χ2n) is 6.19. The van der Waals surface area contributed by atoms with Gasteiger partial charge in [-0.05, 0) is 18.1 Å². The normalized spacial score (nSPS) is 12.2. The van der Waals surface area contributed by atoms with E-state index in [1.54, 1.807) is 0 Å². The summed E-state index contributed by atoms with van der Waals surface area (Å²) in [6.07, 6.45) is 7.78. The zero-order valence-electron chi connectivity index (χ0n) is 14.2. The van der Waals surface area contributed by atoms with Gasteiger partial charge in [-0.25, -0.2) is 4.79 Å². The van der Waals surface area contributed by atoms with Crippen LogP contribution in [0.5, 0.6) is 0 Å². The van der Waals surface area contributed by atoms with Crippen molar-refractivity contribution >= 4 is 22.8 Å². The number of hydrogen-bond acceptors (Lipinski definition) is 2. The van der Waals surface area contributed by atoms with Crippen molar-refractivity contribution in [3.63, 3.8) is 0 Å². The van der Waals surface area contributed by atoms with Crippen molar-refractivity contribution in [1.82, 2.24) is 10.3 Å². The number of carbonyl (C=O) groups excluding carboxylic acids is 1. The van der Waals surface area contributed by atoms with Gasteiger partial charge in [-0.2, -0.15) is 0 Å². The molecule has 0 spiro atoms. The number of aromatic nitrogens is 1. The maximum Gasteiger partial charge on any atom is 0.326 e. The minimum absolute atomic E-state index is 0.182. The van der Waals surface area contributed by atoms with Crippen LogP contribution in [-0.2, 0) is 16.0 Å². The summed E-state index contributed by atoms with van der Waals surface area (Å²) < 4.78 is 0. The van der Waals surface area contributed by atoms with Crippen LogP contribution < -0.4 is 5.32 Å². The number of rotatable bonds is 10. The van der Waals surface area contributed by atoms with Crippen LogP contribution in [0.2, 0.25) is 0 Å². The number of aliphatic carboxylic acids is 1. The summed E-state index contributed by atoms with van der Waals surface area (Å²) in [5.41, 5.74) is 1.88. The van der Waals surface area contributed by atoms with Gasteiger partial charge in [0, 0.05) is 29.9 Å². The third-order valence-corrected chi connectivity index (χ3v) is 4.24. The van der Waals surface area contributed by atoms with Crippen molar-refractivity contribution in [3.05, 3.63) is 36.0 Å². The van der Waals surface area contributed by atoms with Crippen molar-refractivity contribution in [2.45, 2.75) is 57.9 Å². The first-order valence-corrected chi connectivity index (χ1v) is 8.69. The SMILES string of the molecule is CCCCCCCC(=O)N[C@@H](Cc1c[nH]c2ccccc12)C(=O)O. The Balaban J connectivity index is 1.90. The lowest BCUT2D eigenvalue weighted by Gasteiger charge is -2.14. The lowest BCUT2D eigenvalue weighted by atomic mass is 10.0. The Morgan fingerprint density at radius 2 is 1.92 bits per heavy atom. The average Bonchev–Trinajstić information content (AvgIpc) is 2.97. The Hall–Kier alpha value is -2.30. The Bertz CT molecular complexity index is 678. The second kappa shape index (κ2) is 9.11. The van der Waals surface area contributed by atoms with E-state index in [1.807, 2.05) is 30.5 Å². The van der Waals surface area contributed by atoms with E-state index in [0.29, 0.717) is 6.42 Å². The number of benzene rings is 1. The zero-order valence-corrected chi connectivity index (χ0v) is 14.2. The fourth-order valence-corrected chi connectivity index (χ4v) is 2.88. The van der Waals surface area contributed by atoms with Crippen LogP contribution in [0, 0.1) is 0 Å². The van der Waals surface area contributed by atoms with Gasteiger partial charge in [-0.1, -0.05) is 50.8 Å². The molecule has 2 aromatic rings. The van der Waals surface area contributed by atoms with Gasteiger partial charge in [0.1, 0.15) is 6.04 Å². The predicted octanol–water partition coefficient (Wildman–Crippen LogP) is 3.64. The molecule has 0 saturated carbocycles. The number of unbranched alkanes of at least 4 members (excludes halogenated alkanes) is 4. The lowest BCUT2D eigenvalue weighted by molar-refractivity contribution is -0.141. The fourth-order valence-electron chi connectivity index (χ4n) is 2.88. The Morgan fingerprint density at radius 1 is 1.17 bits per heavy atom. The molecule has 1 amide bonds. The highest BCUT2D eigenvalue weighted by Gasteiger charge is 2.21. The molecule has 0 fully saturated rings. The maximum absolute atomic E-state index is 12.0. The molecule has 130 valence electrons. The predicted molar refractivity (Wildman–Crippen MR) is 94.9 cm³/mol. The summed E-state index contributed by atoms with van der Waals surface area (Å²) in [6.45, 7) is 2.15. The highest BCUT2D eigenvalue weighted by molar-refractivity contribution is 5.86. The summed E-state index contributed by atoms with van der Waals surface area (Å²) in [6, 6.07) is 6.86. The van der Waals surface area contributed by atoms with Crippen LogP contribution in [0.15, 0.2) is 30.5 Å². The van der Waals surface area contributed by atoms with Gasteiger partial charge in [0.05, 0.1) is 0 Å². The van der Waals surface area contributed by atoms with E-state index in [1.165, 1.54) is 6.42 Å². The number of H-pyrrole nitrogens is 1. The van der Waals surface area contributed by atoms with Crippen LogP contribution >= 0.6 is 0 Å². The van der Waals surface area contributed by atoms with Crippen molar-refractivity contribution in [3.8, 4) is 0 Å². The molecule has 0 saturated heterocycles. The number of carboxylic acid groups (broad SMARTS) is 1. The van der Waals surface area contributed by atoms with E-state index in [9.17, 15) is 14.7 Å². The van der Waals surface area contributed by atoms with Gasteiger partial charge in [-0.15, -0.1) is 0 Å². The van der Waals surface area contributed by atoms with Crippen molar-refractivity contribution < 1.29 is 14.7 Å². The molecular weight excluding hydrogens is 304 g/mol. The van der Waals surface area contributed by atoms with Crippen molar-refractivity contribution in [2.24, 2.45) is 0 Å². The Kier molecular flexibility index (Phi) is 6.85. The number of fused-ring (bicyclic) bond motifs is 1. The van der Waals surface area contributed by atoms with Gasteiger partial charge < -0.3 is 15.4 Å². The fraction of sp³-hybridized carbons (Fsp3) is 0.474. The molecular formula is C19H26N2O3. The number of hydrogen-bond donors (Lipinski definition) is 3. The molecule has 0 unspecified atom stereocenters.